The first-order chi connectivity index (χ1) is 4.99. The Morgan fingerprint density at radius 1 is 1.55 bits per heavy atom. The molecule has 0 bridgehead atoms. The van der Waals surface area contributed by atoms with Crippen LogP contribution in [0.1, 0.15) is 13.3 Å². The van der Waals surface area contributed by atoms with E-state index >= 15 is 0 Å². The van der Waals surface area contributed by atoms with E-state index in [1.165, 1.54) is 6.08 Å². The van der Waals surface area contributed by atoms with Crippen molar-refractivity contribution in [1.82, 2.24) is 5.43 Å². The third kappa shape index (κ3) is 5.80. The molecule has 0 saturated heterocycles. The number of quaternary nitrogens is 1. The summed E-state index contributed by atoms with van der Waals surface area (Å²) in [6.07, 6.45) is 2.42. The Kier molecular flexibility index (Phi) is 4.04. The molecule has 0 saturated carbocycles. The van der Waals surface area contributed by atoms with E-state index in [2.05, 4.69) is 5.43 Å². The van der Waals surface area contributed by atoms with Crippen molar-refractivity contribution in [3.63, 3.8) is 0 Å². The van der Waals surface area contributed by atoms with Crippen LogP contribution in [0.5, 0.6) is 0 Å². The normalized spacial score (nSPS) is 13.8. The SMILES string of the molecule is CCC(C=C=O)N[N+](C)(C)C. The monoisotopic (exact) mass is 157 g/mol. The van der Waals surface area contributed by atoms with Gasteiger partial charge in [0.1, 0.15) is 5.94 Å². The van der Waals surface area contributed by atoms with Crippen LogP contribution in [0.2, 0.25) is 0 Å². The highest BCUT2D eigenvalue weighted by Gasteiger charge is 2.12. The van der Waals surface area contributed by atoms with Gasteiger partial charge in [0.05, 0.1) is 27.2 Å². The average Bonchev–Trinajstić information content (AvgIpc) is 1.84. The minimum Gasteiger partial charge on any atom is -0.252 e. The Bertz CT molecular complexity index is 154. The molecular formula is C8H17N2O+. The van der Waals surface area contributed by atoms with Crippen LogP contribution in [-0.4, -0.2) is 37.7 Å². The van der Waals surface area contributed by atoms with Gasteiger partial charge in [0.15, 0.2) is 0 Å². The van der Waals surface area contributed by atoms with E-state index in [0.29, 0.717) is 4.59 Å². The molecule has 1 atom stereocenters. The Morgan fingerprint density at radius 3 is 2.36 bits per heavy atom. The number of nitrogens with one attached hydrogen (secondary N) is 1. The lowest BCUT2D eigenvalue weighted by Crippen LogP contribution is -2.52. The molecule has 0 aliphatic heterocycles. The van der Waals surface area contributed by atoms with Gasteiger partial charge >= 0.3 is 0 Å². The molecule has 0 rings (SSSR count). The van der Waals surface area contributed by atoms with Crippen molar-refractivity contribution in [2.24, 2.45) is 0 Å². The van der Waals surface area contributed by atoms with E-state index in [1.807, 2.05) is 28.1 Å². The molecule has 3 heteroatoms. The number of carbonyl (C=O) groups excluding carboxylic acids is 1. The molecular weight excluding hydrogens is 140 g/mol. The fourth-order valence-corrected chi connectivity index (χ4v) is 0.826. The number of nitrogens with zero attached hydrogens (tertiary/aromatic N) is 1. The molecule has 0 heterocycles. The number of hydrogen-bond acceptors (Lipinski definition) is 2. The highest BCUT2D eigenvalue weighted by atomic mass is 16.1. The Labute approximate surface area is 68.3 Å². The smallest absolute Gasteiger partial charge is 0.121 e. The van der Waals surface area contributed by atoms with Gasteiger partial charge in [-0.3, -0.25) is 4.59 Å². The molecule has 1 unspecified atom stereocenters. The summed E-state index contributed by atoms with van der Waals surface area (Å²) in [7, 11) is 6.05. The van der Waals surface area contributed by atoms with Crippen molar-refractivity contribution in [3.05, 3.63) is 6.08 Å². The lowest BCUT2D eigenvalue weighted by atomic mass is 10.2. The predicted molar refractivity (Wildman–Crippen MR) is 45.5 cm³/mol. The molecule has 0 fully saturated rings. The van der Waals surface area contributed by atoms with Gasteiger partial charge in [-0.2, -0.15) is 5.43 Å². The molecule has 0 amide bonds. The Morgan fingerprint density at radius 2 is 2.09 bits per heavy atom. The van der Waals surface area contributed by atoms with Gasteiger partial charge in [0.2, 0.25) is 0 Å². The summed E-state index contributed by atoms with van der Waals surface area (Å²) in [5.74, 6) is 1.79. The van der Waals surface area contributed by atoms with Crippen molar-refractivity contribution in [2.45, 2.75) is 19.4 Å². The highest BCUT2D eigenvalue weighted by molar-refractivity contribution is 5.46. The topological polar surface area (TPSA) is 29.1 Å². The van der Waals surface area contributed by atoms with Gasteiger partial charge in [-0.05, 0) is 6.42 Å². The molecule has 64 valence electrons. The van der Waals surface area contributed by atoms with Crippen LogP contribution in [0.15, 0.2) is 6.08 Å². The van der Waals surface area contributed by atoms with Gasteiger partial charge in [0.25, 0.3) is 0 Å². The fourth-order valence-electron chi connectivity index (χ4n) is 0.826. The van der Waals surface area contributed by atoms with Crippen LogP contribution in [-0.2, 0) is 4.79 Å². The maximum atomic E-state index is 10.0. The first kappa shape index (κ1) is 10.4. The van der Waals surface area contributed by atoms with Crippen molar-refractivity contribution in [1.29, 1.82) is 0 Å². The summed E-state index contributed by atoms with van der Waals surface area (Å²) in [6, 6.07) is 0.132. The van der Waals surface area contributed by atoms with Crippen LogP contribution in [0.3, 0.4) is 0 Å². The second-order valence-corrected chi connectivity index (χ2v) is 3.44. The fraction of sp³-hybridized carbons (Fsp3) is 0.750. The quantitative estimate of drug-likeness (QED) is 0.363. The van der Waals surface area contributed by atoms with Crippen molar-refractivity contribution in [3.8, 4) is 0 Å². The molecule has 0 aromatic heterocycles. The molecule has 11 heavy (non-hydrogen) atoms. The summed E-state index contributed by atoms with van der Waals surface area (Å²) in [6.45, 7) is 2.03. The summed E-state index contributed by atoms with van der Waals surface area (Å²) in [5.41, 5.74) is 3.23. The van der Waals surface area contributed by atoms with E-state index in [4.69, 9.17) is 0 Å². The lowest BCUT2D eigenvalue weighted by molar-refractivity contribution is -0.917. The molecule has 0 aliphatic rings. The highest BCUT2D eigenvalue weighted by Crippen LogP contribution is 1.94. The maximum Gasteiger partial charge on any atom is 0.121 e. The Balaban J connectivity index is 3.98. The van der Waals surface area contributed by atoms with E-state index in [0.717, 1.165) is 6.42 Å². The molecule has 0 aromatic rings. The van der Waals surface area contributed by atoms with Crippen LogP contribution in [0.25, 0.3) is 0 Å². The first-order valence-corrected chi connectivity index (χ1v) is 3.80. The molecule has 1 N–H and O–H groups in total. The van der Waals surface area contributed by atoms with Crippen LogP contribution in [0, 0.1) is 0 Å². The molecule has 0 aromatic carbocycles. The summed E-state index contributed by atoms with van der Waals surface area (Å²) in [4.78, 5) is 10.0. The third-order valence-electron chi connectivity index (χ3n) is 1.26. The van der Waals surface area contributed by atoms with Gasteiger partial charge in [0, 0.05) is 6.08 Å². The molecule has 3 nitrogen and oxygen atoms in total. The summed E-state index contributed by atoms with van der Waals surface area (Å²) in [5, 5.41) is 0. The second-order valence-electron chi connectivity index (χ2n) is 3.44. The number of rotatable bonds is 4. The zero-order valence-electron chi connectivity index (χ0n) is 7.72. The van der Waals surface area contributed by atoms with Crippen molar-refractivity contribution >= 4 is 5.94 Å². The first-order valence-electron chi connectivity index (χ1n) is 3.80. The zero-order valence-corrected chi connectivity index (χ0v) is 7.72. The van der Waals surface area contributed by atoms with Gasteiger partial charge < -0.3 is 0 Å². The predicted octanol–water partition coefficient (Wildman–Crippen LogP) is 0.364. The molecule has 0 radical (unpaired) electrons. The maximum absolute atomic E-state index is 10.0. The van der Waals surface area contributed by atoms with Crippen LogP contribution >= 0.6 is 0 Å². The minimum atomic E-state index is 0.132. The lowest BCUT2D eigenvalue weighted by Gasteiger charge is -2.27. The molecule has 0 spiro atoms. The largest absolute Gasteiger partial charge is 0.252 e. The summed E-state index contributed by atoms with van der Waals surface area (Å²) >= 11 is 0. The standard InChI is InChI=1S/C8H17N2O/c1-5-8(6-7-11)9-10(2,3)4/h6,8-9H,5H2,1-4H3/q+1. The second kappa shape index (κ2) is 4.29. The van der Waals surface area contributed by atoms with E-state index in [-0.39, 0.29) is 6.04 Å². The molecule has 0 aliphatic carbocycles. The summed E-state index contributed by atoms with van der Waals surface area (Å²) < 4.78 is 0.649. The van der Waals surface area contributed by atoms with Crippen LogP contribution in [0.4, 0.5) is 0 Å². The van der Waals surface area contributed by atoms with Crippen molar-refractivity contribution in [2.75, 3.05) is 21.1 Å². The van der Waals surface area contributed by atoms with E-state index in [1.54, 1.807) is 5.94 Å². The minimum absolute atomic E-state index is 0.132. The van der Waals surface area contributed by atoms with Gasteiger partial charge in [-0.25, -0.2) is 4.79 Å². The zero-order chi connectivity index (χ0) is 8.91. The van der Waals surface area contributed by atoms with Gasteiger partial charge in [-0.15, -0.1) is 0 Å². The number of hydrogen-bond donors (Lipinski definition) is 1. The van der Waals surface area contributed by atoms with Crippen molar-refractivity contribution < 1.29 is 9.39 Å². The van der Waals surface area contributed by atoms with Crippen LogP contribution < -0.4 is 5.43 Å². The third-order valence-corrected chi connectivity index (χ3v) is 1.26. The average molecular weight is 157 g/mol. The van der Waals surface area contributed by atoms with E-state index < -0.39 is 0 Å². The Hall–Kier alpha value is -0.630. The van der Waals surface area contributed by atoms with E-state index in [9.17, 15) is 4.79 Å². The van der Waals surface area contributed by atoms with Gasteiger partial charge in [-0.1, -0.05) is 6.92 Å².